The Hall–Kier alpha value is -3.04. The molecule has 0 fully saturated rings. The summed E-state index contributed by atoms with van der Waals surface area (Å²) in [6.07, 6.45) is 0. The molecule has 3 rings (SSSR count). The highest BCUT2D eigenvalue weighted by Gasteiger charge is 2.17. The number of rotatable bonds is 8. The number of hydrogen-bond donors (Lipinski definition) is 2. The van der Waals surface area contributed by atoms with Crippen molar-refractivity contribution in [3.8, 4) is 0 Å². The lowest BCUT2D eigenvalue weighted by atomic mass is 10.1. The third kappa shape index (κ3) is 4.57. The van der Waals surface area contributed by atoms with Crippen molar-refractivity contribution in [3.05, 3.63) is 63.1 Å². The van der Waals surface area contributed by atoms with Crippen LogP contribution in [0.25, 0.3) is 10.2 Å². The molecule has 0 aliphatic heterocycles. The van der Waals surface area contributed by atoms with Crippen molar-refractivity contribution in [2.45, 2.75) is 6.54 Å². The number of nitro benzene ring substituents is 1. The number of ether oxygens (including phenoxy) is 1. The fraction of sp³-hybridized carbons (Fsp3) is 0.222. The summed E-state index contributed by atoms with van der Waals surface area (Å²) in [7, 11) is 1.55. The highest BCUT2D eigenvalue weighted by Crippen LogP contribution is 2.26. The molecule has 0 atom stereocenters. The minimum absolute atomic E-state index is 0.154. The molecular formula is C18H18N4O4S. The fourth-order valence-corrected chi connectivity index (χ4v) is 3.42. The van der Waals surface area contributed by atoms with E-state index < -0.39 is 4.92 Å². The first-order valence-electron chi connectivity index (χ1n) is 8.22. The number of hydrogen-bond acceptors (Lipinski definition) is 7. The molecule has 2 N–H and O–H groups in total. The third-order valence-corrected chi connectivity index (χ3v) is 4.85. The molecule has 0 saturated heterocycles. The van der Waals surface area contributed by atoms with Gasteiger partial charge in [-0.15, -0.1) is 11.3 Å². The van der Waals surface area contributed by atoms with E-state index in [-0.39, 0.29) is 23.7 Å². The molecule has 1 aromatic heterocycles. The summed E-state index contributed by atoms with van der Waals surface area (Å²) in [4.78, 5) is 27.6. The summed E-state index contributed by atoms with van der Waals surface area (Å²) >= 11 is 1.50. The van der Waals surface area contributed by atoms with Crippen molar-refractivity contribution in [3.63, 3.8) is 0 Å². The lowest BCUT2D eigenvalue weighted by Gasteiger charge is -2.08. The second-order valence-corrected chi connectivity index (χ2v) is 6.78. The van der Waals surface area contributed by atoms with Gasteiger partial charge in [-0.2, -0.15) is 0 Å². The maximum absolute atomic E-state index is 12.4. The van der Waals surface area contributed by atoms with Gasteiger partial charge in [-0.05, 0) is 24.3 Å². The van der Waals surface area contributed by atoms with Crippen molar-refractivity contribution in [2.24, 2.45) is 0 Å². The molecule has 0 saturated carbocycles. The van der Waals surface area contributed by atoms with Crippen LogP contribution >= 0.6 is 11.3 Å². The number of thiazole rings is 1. The lowest BCUT2D eigenvalue weighted by molar-refractivity contribution is -0.384. The number of aromatic nitrogens is 1. The zero-order valence-corrected chi connectivity index (χ0v) is 15.4. The van der Waals surface area contributed by atoms with Gasteiger partial charge in [0.15, 0.2) is 0 Å². The number of para-hydroxylation sites is 1. The normalized spacial score (nSPS) is 10.7. The van der Waals surface area contributed by atoms with Crippen molar-refractivity contribution in [1.82, 2.24) is 10.3 Å². The summed E-state index contributed by atoms with van der Waals surface area (Å²) < 4.78 is 5.97. The van der Waals surface area contributed by atoms with E-state index in [0.29, 0.717) is 18.8 Å². The topological polar surface area (TPSA) is 106 Å². The summed E-state index contributed by atoms with van der Waals surface area (Å²) in [5.74, 6) is -0.388. The number of fused-ring (bicyclic) bond motifs is 1. The van der Waals surface area contributed by atoms with Crippen LogP contribution in [0.3, 0.4) is 0 Å². The van der Waals surface area contributed by atoms with Gasteiger partial charge in [0.05, 0.1) is 28.3 Å². The monoisotopic (exact) mass is 386 g/mol. The summed E-state index contributed by atoms with van der Waals surface area (Å²) in [6, 6.07) is 12.1. The van der Waals surface area contributed by atoms with E-state index in [1.807, 2.05) is 24.3 Å². The second kappa shape index (κ2) is 8.56. The minimum atomic E-state index is -0.514. The van der Waals surface area contributed by atoms with Crippen molar-refractivity contribution >= 4 is 38.8 Å². The minimum Gasteiger partial charge on any atom is -0.383 e. The molecule has 0 spiro atoms. The Bertz CT molecular complexity index is 940. The van der Waals surface area contributed by atoms with Gasteiger partial charge in [0, 0.05) is 25.3 Å². The second-order valence-electron chi connectivity index (χ2n) is 5.67. The molecule has 1 heterocycles. The highest BCUT2D eigenvalue weighted by molar-refractivity contribution is 7.18. The molecule has 0 radical (unpaired) electrons. The van der Waals surface area contributed by atoms with Crippen LogP contribution in [0.1, 0.15) is 15.4 Å². The Labute approximate surface area is 159 Å². The molecule has 0 aliphatic carbocycles. The van der Waals surface area contributed by atoms with E-state index in [0.717, 1.165) is 15.2 Å². The number of anilines is 1. The quantitative estimate of drug-likeness (QED) is 0.350. The van der Waals surface area contributed by atoms with Gasteiger partial charge in [-0.25, -0.2) is 4.98 Å². The number of methoxy groups -OCH3 is 1. The first-order valence-corrected chi connectivity index (χ1v) is 9.04. The van der Waals surface area contributed by atoms with Crippen LogP contribution in [-0.4, -0.2) is 36.1 Å². The SMILES string of the molecule is COCCNc1ccc(C(=O)NCc2nc3ccccc3s2)cc1[N+](=O)[O-]. The van der Waals surface area contributed by atoms with E-state index in [2.05, 4.69) is 15.6 Å². The molecule has 3 aromatic rings. The standard InChI is InChI=1S/C18H18N4O4S/c1-26-9-8-19-13-7-6-12(10-15(13)22(24)25)18(23)20-11-17-21-14-4-2-3-5-16(14)27-17/h2-7,10,19H,8-9,11H2,1H3,(H,20,23). The van der Waals surface area contributed by atoms with Crippen molar-refractivity contribution in [2.75, 3.05) is 25.6 Å². The predicted molar refractivity (Wildman–Crippen MR) is 104 cm³/mol. The van der Waals surface area contributed by atoms with Gasteiger partial charge in [-0.3, -0.25) is 14.9 Å². The van der Waals surface area contributed by atoms with Crippen LogP contribution in [0.4, 0.5) is 11.4 Å². The van der Waals surface area contributed by atoms with Gasteiger partial charge < -0.3 is 15.4 Å². The number of carbonyl (C=O) groups excluding carboxylic acids is 1. The summed E-state index contributed by atoms with van der Waals surface area (Å²) in [5.41, 5.74) is 1.30. The molecular weight excluding hydrogens is 368 g/mol. The van der Waals surface area contributed by atoms with E-state index in [4.69, 9.17) is 4.74 Å². The van der Waals surface area contributed by atoms with E-state index >= 15 is 0 Å². The van der Waals surface area contributed by atoms with Gasteiger partial charge in [-0.1, -0.05) is 12.1 Å². The number of benzene rings is 2. The smallest absolute Gasteiger partial charge is 0.293 e. The molecule has 140 valence electrons. The first-order chi connectivity index (χ1) is 13.1. The predicted octanol–water partition coefficient (Wildman–Crippen LogP) is 3.19. The van der Waals surface area contributed by atoms with E-state index in [9.17, 15) is 14.9 Å². The average molecular weight is 386 g/mol. The molecule has 27 heavy (non-hydrogen) atoms. The van der Waals surface area contributed by atoms with Crippen LogP contribution in [0, 0.1) is 10.1 Å². The Kier molecular flexibility index (Phi) is 5.94. The van der Waals surface area contributed by atoms with Crippen LogP contribution in [0.5, 0.6) is 0 Å². The largest absolute Gasteiger partial charge is 0.383 e. The molecule has 1 amide bonds. The van der Waals surface area contributed by atoms with Crippen LogP contribution in [0.15, 0.2) is 42.5 Å². The van der Waals surface area contributed by atoms with Gasteiger partial charge in [0.1, 0.15) is 10.7 Å². The molecule has 0 aliphatic rings. The Morgan fingerprint density at radius 2 is 2.11 bits per heavy atom. The molecule has 0 unspecified atom stereocenters. The Morgan fingerprint density at radius 1 is 1.30 bits per heavy atom. The Morgan fingerprint density at radius 3 is 2.85 bits per heavy atom. The molecule has 9 heteroatoms. The van der Waals surface area contributed by atoms with Crippen molar-refractivity contribution < 1.29 is 14.5 Å². The van der Waals surface area contributed by atoms with Gasteiger partial charge in [0.25, 0.3) is 11.6 Å². The number of carbonyl (C=O) groups is 1. The number of nitrogens with zero attached hydrogens (tertiary/aromatic N) is 2. The maximum atomic E-state index is 12.4. The lowest BCUT2D eigenvalue weighted by Crippen LogP contribution is -2.23. The van der Waals surface area contributed by atoms with Gasteiger partial charge >= 0.3 is 0 Å². The first kappa shape index (κ1) is 18.7. The van der Waals surface area contributed by atoms with E-state index in [1.54, 1.807) is 13.2 Å². The average Bonchev–Trinajstić information content (AvgIpc) is 3.09. The van der Waals surface area contributed by atoms with Crippen LogP contribution in [-0.2, 0) is 11.3 Å². The third-order valence-electron chi connectivity index (χ3n) is 3.82. The van der Waals surface area contributed by atoms with E-state index in [1.165, 1.54) is 23.5 Å². The summed E-state index contributed by atoms with van der Waals surface area (Å²) in [6.45, 7) is 1.11. The fourth-order valence-electron chi connectivity index (χ4n) is 2.51. The molecule has 2 aromatic carbocycles. The van der Waals surface area contributed by atoms with Crippen LogP contribution in [0.2, 0.25) is 0 Å². The summed E-state index contributed by atoms with van der Waals surface area (Å²) in [5, 5.41) is 17.8. The molecule has 0 bridgehead atoms. The zero-order valence-electron chi connectivity index (χ0n) is 14.6. The number of amides is 1. The van der Waals surface area contributed by atoms with Crippen molar-refractivity contribution in [1.29, 1.82) is 0 Å². The highest BCUT2D eigenvalue weighted by atomic mass is 32.1. The Balaban J connectivity index is 1.69. The van der Waals surface area contributed by atoms with Crippen LogP contribution < -0.4 is 10.6 Å². The zero-order chi connectivity index (χ0) is 19.2. The van der Waals surface area contributed by atoms with Gasteiger partial charge in [0.2, 0.25) is 0 Å². The molecule has 8 nitrogen and oxygen atoms in total. The maximum Gasteiger partial charge on any atom is 0.293 e. The number of nitro groups is 1. The number of nitrogens with one attached hydrogen (secondary N) is 2.